The summed E-state index contributed by atoms with van der Waals surface area (Å²) in [5, 5.41) is 11.1. The second-order valence-electron chi connectivity index (χ2n) is 4.27. The van der Waals surface area contributed by atoms with Crippen LogP contribution in [0.2, 0.25) is 0 Å². The number of nitrogens with one attached hydrogen (secondary N) is 1. The number of carboxylic acids is 1. The molecule has 0 aromatic heterocycles. The molecule has 0 saturated carbocycles. The van der Waals surface area contributed by atoms with E-state index in [0.29, 0.717) is 0 Å². The Morgan fingerprint density at radius 2 is 1.90 bits per heavy atom. The predicted molar refractivity (Wildman–Crippen MR) is 72.7 cm³/mol. The van der Waals surface area contributed by atoms with Crippen LogP contribution in [0, 0.1) is 0 Å². The lowest BCUT2D eigenvalue weighted by atomic mass is 10.1. The van der Waals surface area contributed by atoms with E-state index in [-0.39, 0.29) is 19.6 Å². The number of ether oxygens (including phenoxy) is 2. The highest BCUT2D eigenvalue weighted by atomic mass is 16.5. The highest BCUT2D eigenvalue weighted by molar-refractivity contribution is 5.88. The number of carbonyl (C=O) groups excluding carboxylic acids is 2. The van der Waals surface area contributed by atoms with E-state index in [0.717, 1.165) is 5.56 Å². The lowest BCUT2D eigenvalue weighted by molar-refractivity contribution is -0.141. The van der Waals surface area contributed by atoms with Crippen LogP contribution in [0.5, 0.6) is 0 Å². The minimum Gasteiger partial charge on any atom is -0.480 e. The number of ketones is 1. The van der Waals surface area contributed by atoms with Gasteiger partial charge in [0.15, 0.2) is 5.78 Å². The van der Waals surface area contributed by atoms with E-state index in [1.807, 2.05) is 6.07 Å². The fourth-order valence-corrected chi connectivity index (χ4v) is 1.55. The summed E-state index contributed by atoms with van der Waals surface area (Å²) < 4.78 is 9.50. The molecule has 1 atom stereocenters. The standard InChI is InChI=1S/C14H17NO6/c1-20-9-11(16)7-12(13(17)18)15-14(19)21-8-10-5-3-2-4-6-10/h2-6,12H,7-9H2,1H3,(H,15,19)(H,17,18). The minimum absolute atomic E-state index is 0.0189. The van der Waals surface area contributed by atoms with Crippen LogP contribution in [-0.4, -0.2) is 42.7 Å². The van der Waals surface area contributed by atoms with Gasteiger partial charge in [-0.15, -0.1) is 0 Å². The Morgan fingerprint density at radius 3 is 2.48 bits per heavy atom. The van der Waals surface area contributed by atoms with Gasteiger partial charge in [0.2, 0.25) is 0 Å². The third-order valence-electron chi connectivity index (χ3n) is 2.54. The normalized spacial score (nSPS) is 11.5. The van der Waals surface area contributed by atoms with Crippen LogP contribution in [0.4, 0.5) is 4.79 Å². The van der Waals surface area contributed by atoms with Crippen LogP contribution in [0.25, 0.3) is 0 Å². The maximum atomic E-state index is 11.5. The number of benzene rings is 1. The summed E-state index contributed by atoms with van der Waals surface area (Å²) >= 11 is 0. The molecule has 0 radical (unpaired) electrons. The Morgan fingerprint density at radius 1 is 1.24 bits per heavy atom. The molecule has 1 unspecified atom stereocenters. The molecule has 0 aliphatic rings. The number of methoxy groups -OCH3 is 1. The first-order valence-corrected chi connectivity index (χ1v) is 6.23. The first-order chi connectivity index (χ1) is 10.0. The quantitative estimate of drug-likeness (QED) is 0.741. The Bertz CT molecular complexity index is 487. The second-order valence-corrected chi connectivity index (χ2v) is 4.27. The van der Waals surface area contributed by atoms with Crippen molar-refractivity contribution in [2.75, 3.05) is 13.7 Å². The van der Waals surface area contributed by atoms with Crippen molar-refractivity contribution >= 4 is 17.8 Å². The van der Waals surface area contributed by atoms with Gasteiger partial charge in [-0.2, -0.15) is 0 Å². The zero-order valence-corrected chi connectivity index (χ0v) is 11.6. The number of aliphatic carboxylic acids is 1. The Kier molecular flexibility index (Phi) is 6.90. The number of hydrogen-bond donors (Lipinski definition) is 2. The van der Waals surface area contributed by atoms with Gasteiger partial charge >= 0.3 is 12.1 Å². The predicted octanol–water partition coefficient (Wildman–Crippen LogP) is 0.972. The molecule has 0 bridgehead atoms. The van der Waals surface area contributed by atoms with E-state index in [2.05, 4.69) is 10.1 Å². The summed E-state index contributed by atoms with van der Waals surface area (Å²) in [6.07, 6.45) is -1.25. The molecule has 7 heteroatoms. The lowest BCUT2D eigenvalue weighted by Gasteiger charge is -2.13. The SMILES string of the molecule is COCC(=O)CC(NC(=O)OCc1ccccc1)C(=O)O. The Balaban J connectivity index is 2.45. The van der Waals surface area contributed by atoms with Gasteiger partial charge in [-0.3, -0.25) is 4.79 Å². The average Bonchev–Trinajstić information content (AvgIpc) is 2.45. The number of rotatable bonds is 8. The second kappa shape index (κ2) is 8.70. The van der Waals surface area contributed by atoms with Crippen LogP contribution >= 0.6 is 0 Å². The van der Waals surface area contributed by atoms with Gasteiger partial charge in [0.1, 0.15) is 19.3 Å². The average molecular weight is 295 g/mol. The van der Waals surface area contributed by atoms with Crippen molar-refractivity contribution < 1.29 is 29.0 Å². The molecular formula is C14H17NO6. The summed E-state index contributed by atoms with van der Waals surface area (Å²) in [6, 6.07) is 7.61. The van der Waals surface area contributed by atoms with Crippen molar-refractivity contribution in [3.05, 3.63) is 35.9 Å². The van der Waals surface area contributed by atoms with Crippen molar-refractivity contribution in [1.82, 2.24) is 5.32 Å². The molecule has 0 saturated heterocycles. The van der Waals surface area contributed by atoms with Gasteiger partial charge in [-0.25, -0.2) is 9.59 Å². The summed E-state index contributed by atoms with van der Waals surface area (Å²) in [6.45, 7) is -0.185. The van der Waals surface area contributed by atoms with Crippen molar-refractivity contribution in [2.24, 2.45) is 0 Å². The number of Topliss-reactive ketones (excluding diaryl/α,β-unsaturated/α-hetero) is 1. The molecule has 1 aromatic carbocycles. The van der Waals surface area contributed by atoms with E-state index >= 15 is 0 Å². The van der Waals surface area contributed by atoms with E-state index in [4.69, 9.17) is 9.84 Å². The van der Waals surface area contributed by atoms with Crippen LogP contribution in [0.15, 0.2) is 30.3 Å². The van der Waals surface area contributed by atoms with Crippen LogP contribution in [0.3, 0.4) is 0 Å². The fraction of sp³-hybridized carbons (Fsp3) is 0.357. The van der Waals surface area contributed by atoms with Gasteiger partial charge in [-0.05, 0) is 5.56 Å². The third-order valence-corrected chi connectivity index (χ3v) is 2.54. The topological polar surface area (TPSA) is 102 Å². The number of carboxylic acid groups (broad SMARTS) is 1. The molecule has 0 spiro atoms. The molecule has 0 fully saturated rings. The highest BCUT2D eigenvalue weighted by Gasteiger charge is 2.23. The lowest BCUT2D eigenvalue weighted by Crippen LogP contribution is -2.42. The van der Waals surface area contributed by atoms with Crippen molar-refractivity contribution in [3.63, 3.8) is 0 Å². The number of hydrogen-bond acceptors (Lipinski definition) is 5. The highest BCUT2D eigenvalue weighted by Crippen LogP contribution is 2.02. The van der Waals surface area contributed by atoms with Crippen molar-refractivity contribution in [2.45, 2.75) is 19.1 Å². The van der Waals surface area contributed by atoms with Crippen LogP contribution < -0.4 is 5.32 Å². The van der Waals surface area contributed by atoms with E-state index in [1.54, 1.807) is 24.3 Å². The number of amides is 1. The summed E-state index contributed by atoms with van der Waals surface area (Å²) in [5.41, 5.74) is 0.773. The minimum atomic E-state index is -1.34. The van der Waals surface area contributed by atoms with Gasteiger partial charge in [0, 0.05) is 13.5 Å². The third kappa shape index (κ3) is 6.53. The van der Waals surface area contributed by atoms with Crippen molar-refractivity contribution in [1.29, 1.82) is 0 Å². The van der Waals surface area contributed by atoms with Crippen LogP contribution in [0.1, 0.15) is 12.0 Å². The molecule has 0 heterocycles. The molecule has 2 N–H and O–H groups in total. The molecular weight excluding hydrogens is 278 g/mol. The molecule has 7 nitrogen and oxygen atoms in total. The molecule has 1 rings (SSSR count). The smallest absolute Gasteiger partial charge is 0.408 e. The van der Waals surface area contributed by atoms with Crippen molar-refractivity contribution in [3.8, 4) is 0 Å². The Hall–Kier alpha value is -2.41. The summed E-state index contributed by atoms with van der Waals surface area (Å²) in [5.74, 6) is -1.73. The first kappa shape index (κ1) is 16.6. The zero-order valence-electron chi connectivity index (χ0n) is 11.6. The molecule has 1 amide bonds. The fourth-order valence-electron chi connectivity index (χ4n) is 1.55. The molecule has 0 aliphatic heterocycles. The maximum Gasteiger partial charge on any atom is 0.408 e. The zero-order chi connectivity index (χ0) is 15.7. The van der Waals surface area contributed by atoms with Gasteiger partial charge in [0.25, 0.3) is 0 Å². The van der Waals surface area contributed by atoms with Crippen LogP contribution in [-0.2, 0) is 25.7 Å². The molecule has 114 valence electrons. The maximum absolute atomic E-state index is 11.5. The molecule has 0 aliphatic carbocycles. The Labute approximate surface area is 121 Å². The molecule has 21 heavy (non-hydrogen) atoms. The monoisotopic (exact) mass is 295 g/mol. The van der Waals surface area contributed by atoms with Gasteiger partial charge in [-0.1, -0.05) is 30.3 Å². The van der Waals surface area contributed by atoms with Gasteiger partial charge in [0.05, 0.1) is 0 Å². The van der Waals surface area contributed by atoms with E-state index in [1.165, 1.54) is 7.11 Å². The number of alkyl carbamates (subject to hydrolysis) is 1. The van der Waals surface area contributed by atoms with E-state index in [9.17, 15) is 14.4 Å². The molecule has 1 aromatic rings. The first-order valence-electron chi connectivity index (χ1n) is 6.23. The largest absolute Gasteiger partial charge is 0.480 e. The summed E-state index contributed by atoms with van der Waals surface area (Å²) in [7, 11) is 1.33. The van der Waals surface area contributed by atoms with Gasteiger partial charge < -0.3 is 19.9 Å². The number of carbonyl (C=O) groups is 3. The van der Waals surface area contributed by atoms with E-state index < -0.39 is 23.9 Å². The summed E-state index contributed by atoms with van der Waals surface area (Å²) in [4.78, 5) is 33.9.